The SMILES string of the molecule is COC1CC2(C1)Cn1cc(C(=O)NCc3ccc(F)cc3F)c(=O)c(O)c1C(=O)N2C(C)C. The Balaban J connectivity index is 1.66. The number of benzene rings is 1. The number of amides is 2. The summed E-state index contributed by atoms with van der Waals surface area (Å²) in [5, 5.41) is 13.0. The van der Waals surface area contributed by atoms with Crippen LogP contribution in [0.3, 0.4) is 0 Å². The van der Waals surface area contributed by atoms with Crippen LogP contribution in [0.2, 0.25) is 0 Å². The molecule has 33 heavy (non-hydrogen) atoms. The third-order valence-electron chi connectivity index (χ3n) is 6.42. The van der Waals surface area contributed by atoms with Gasteiger partial charge in [0, 0.05) is 44.1 Å². The van der Waals surface area contributed by atoms with E-state index in [-0.39, 0.29) is 42.1 Å². The highest BCUT2D eigenvalue weighted by atomic mass is 19.1. The van der Waals surface area contributed by atoms with Gasteiger partial charge in [0.05, 0.1) is 11.6 Å². The zero-order chi connectivity index (χ0) is 24.1. The van der Waals surface area contributed by atoms with Gasteiger partial charge in [-0.05, 0) is 32.8 Å². The van der Waals surface area contributed by atoms with E-state index in [0.29, 0.717) is 18.9 Å². The lowest BCUT2D eigenvalue weighted by Crippen LogP contribution is -2.68. The molecule has 1 spiro atoms. The molecule has 176 valence electrons. The lowest BCUT2D eigenvalue weighted by atomic mass is 9.70. The van der Waals surface area contributed by atoms with Crippen LogP contribution in [-0.2, 0) is 17.8 Å². The zero-order valence-corrected chi connectivity index (χ0v) is 18.5. The van der Waals surface area contributed by atoms with Gasteiger partial charge in [0.2, 0.25) is 5.43 Å². The van der Waals surface area contributed by atoms with E-state index >= 15 is 0 Å². The number of carbonyl (C=O) groups is 2. The molecule has 4 rings (SSSR count). The molecule has 1 aliphatic heterocycles. The number of ether oxygens (including phenoxy) is 1. The molecule has 2 amide bonds. The third kappa shape index (κ3) is 3.78. The number of aromatic hydroxyl groups is 1. The molecule has 2 N–H and O–H groups in total. The summed E-state index contributed by atoms with van der Waals surface area (Å²) < 4.78 is 33.8. The minimum Gasteiger partial charge on any atom is -0.503 e. The van der Waals surface area contributed by atoms with Crippen LogP contribution in [0.1, 0.15) is 53.1 Å². The third-order valence-corrected chi connectivity index (χ3v) is 6.42. The van der Waals surface area contributed by atoms with Gasteiger partial charge in [0.25, 0.3) is 11.8 Å². The molecule has 0 saturated heterocycles. The Hall–Kier alpha value is -3.27. The predicted octanol–water partition coefficient (Wildman–Crippen LogP) is 2.17. The minimum atomic E-state index is -0.991. The van der Waals surface area contributed by atoms with Gasteiger partial charge in [-0.3, -0.25) is 14.4 Å². The van der Waals surface area contributed by atoms with E-state index < -0.39 is 40.2 Å². The second-order valence-electron chi connectivity index (χ2n) is 8.87. The Labute approximate surface area is 188 Å². The van der Waals surface area contributed by atoms with Crippen LogP contribution in [-0.4, -0.2) is 51.2 Å². The van der Waals surface area contributed by atoms with Gasteiger partial charge in [0.15, 0.2) is 11.4 Å². The van der Waals surface area contributed by atoms with Gasteiger partial charge in [-0.15, -0.1) is 0 Å². The first-order chi connectivity index (χ1) is 15.6. The standard InChI is InChI=1S/C23H25F2N3O5/c1-12(2)28-22(32)18-20(30)19(29)16(10-27(18)11-23(28)7-15(8-23)33-3)21(31)26-9-13-4-5-14(24)6-17(13)25/h4-6,10,12,15,30H,7-9,11H2,1-3H3,(H,26,31). The summed E-state index contributed by atoms with van der Waals surface area (Å²) >= 11 is 0. The van der Waals surface area contributed by atoms with Crippen molar-refractivity contribution in [3.05, 3.63) is 63.1 Å². The largest absolute Gasteiger partial charge is 0.503 e. The lowest BCUT2D eigenvalue weighted by molar-refractivity contribution is -0.101. The molecule has 0 atom stereocenters. The first-order valence-corrected chi connectivity index (χ1v) is 10.6. The zero-order valence-electron chi connectivity index (χ0n) is 18.5. The van der Waals surface area contributed by atoms with Crippen LogP contribution in [0.5, 0.6) is 5.75 Å². The van der Waals surface area contributed by atoms with E-state index in [1.165, 1.54) is 16.8 Å². The number of hydrogen-bond donors (Lipinski definition) is 2. The average Bonchev–Trinajstić information content (AvgIpc) is 2.72. The lowest BCUT2D eigenvalue weighted by Gasteiger charge is -2.57. The van der Waals surface area contributed by atoms with Crippen molar-refractivity contribution >= 4 is 11.8 Å². The van der Waals surface area contributed by atoms with Crippen molar-refractivity contribution in [2.24, 2.45) is 0 Å². The monoisotopic (exact) mass is 461 g/mol. The maximum absolute atomic E-state index is 13.9. The average molecular weight is 461 g/mol. The van der Waals surface area contributed by atoms with Crippen molar-refractivity contribution in [1.29, 1.82) is 0 Å². The summed E-state index contributed by atoms with van der Waals surface area (Å²) in [6.07, 6.45) is 2.42. The number of fused-ring (bicyclic) bond motifs is 1. The van der Waals surface area contributed by atoms with E-state index in [9.17, 15) is 28.3 Å². The van der Waals surface area contributed by atoms with Crippen LogP contribution in [0, 0.1) is 11.6 Å². The number of nitrogens with one attached hydrogen (secondary N) is 1. The molecule has 1 fully saturated rings. The number of carbonyl (C=O) groups excluding carboxylic acids is 2. The van der Waals surface area contributed by atoms with Crippen molar-refractivity contribution in [3.8, 4) is 5.75 Å². The number of hydrogen-bond acceptors (Lipinski definition) is 5. The smallest absolute Gasteiger partial charge is 0.275 e. The van der Waals surface area contributed by atoms with Gasteiger partial charge >= 0.3 is 0 Å². The van der Waals surface area contributed by atoms with Gasteiger partial charge in [-0.1, -0.05) is 6.07 Å². The molecule has 10 heteroatoms. The Morgan fingerprint density at radius 2 is 2.00 bits per heavy atom. The molecular formula is C23H25F2N3O5. The first-order valence-electron chi connectivity index (χ1n) is 10.6. The number of aromatic nitrogens is 1. The Morgan fingerprint density at radius 3 is 2.61 bits per heavy atom. The molecule has 1 aromatic carbocycles. The molecule has 1 saturated carbocycles. The van der Waals surface area contributed by atoms with Crippen molar-refractivity contribution in [1.82, 2.24) is 14.8 Å². The molecule has 8 nitrogen and oxygen atoms in total. The van der Waals surface area contributed by atoms with E-state index in [2.05, 4.69) is 5.32 Å². The molecule has 1 aromatic heterocycles. The van der Waals surface area contributed by atoms with Gasteiger partial charge < -0.3 is 24.6 Å². The summed E-state index contributed by atoms with van der Waals surface area (Å²) in [7, 11) is 1.60. The minimum absolute atomic E-state index is 0.0121. The molecule has 0 bridgehead atoms. The number of rotatable bonds is 5. The second-order valence-corrected chi connectivity index (χ2v) is 8.87. The van der Waals surface area contributed by atoms with Crippen molar-refractivity contribution in [2.45, 2.75) is 57.5 Å². The highest BCUT2D eigenvalue weighted by Gasteiger charge is 2.55. The van der Waals surface area contributed by atoms with Gasteiger partial charge in [0.1, 0.15) is 17.2 Å². The fourth-order valence-electron chi connectivity index (χ4n) is 4.88. The fraction of sp³-hybridized carbons (Fsp3) is 0.435. The van der Waals surface area contributed by atoms with Crippen molar-refractivity contribution < 1.29 is 28.2 Å². The van der Waals surface area contributed by atoms with E-state index in [1.54, 1.807) is 12.0 Å². The maximum Gasteiger partial charge on any atom is 0.275 e. The number of nitrogens with zero attached hydrogens (tertiary/aromatic N) is 2. The second kappa shape index (κ2) is 8.26. The van der Waals surface area contributed by atoms with Gasteiger partial charge in [-0.2, -0.15) is 0 Å². The summed E-state index contributed by atoms with van der Waals surface area (Å²) in [5.74, 6) is -3.71. The highest BCUT2D eigenvalue weighted by Crippen LogP contribution is 2.45. The highest BCUT2D eigenvalue weighted by molar-refractivity contribution is 5.99. The summed E-state index contributed by atoms with van der Waals surface area (Å²) in [6.45, 7) is 3.72. The van der Waals surface area contributed by atoms with Crippen LogP contribution < -0.4 is 10.7 Å². The van der Waals surface area contributed by atoms with Crippen LogP contribution in [0.4, 0.5) is 8.78 Å². The molecule has 2 aromatic rings. The molecule has 0 unspecified atom stereocenters. The Kier molecular flexibility index (Phi) is 5.73. The fourth-order valence-corrected chi connectivity index (χ4v) is 4.88. The Morgan fingerprint density at radius 1 is 1.30 bits per heavy atom. The van der Waals surface area contributed by atoms with Gasteiger partial charge in [-0.25, -0.2) is 8.78 Å². The topological polar surface area (TPSA) is 101 Å². The maximum atomic E-state index is 13.9. The van der Waals surface area contributed by atoms with E-state index in [4.69, 9.17) is 4.74 Å². The summed E-state index contributed by atoms with van der Waals surface area (Å²) in [5.41, 5.74) is -2.04. The van der Waals surface area contributed by atoms with Crippen LogP contribution in [0.25, 0.3) is 0 Å². The summed E-state index contributed by atoms with van der Waals surface area (Å²) in [6, 6.07) is 2.76. The number of halogens is 2. The molecule has 2 aliphatic rings. The van der Waals surface area contributed by atoms with Crippen LogP contribution in [0.15, 0.2) is 29.2 Å². The van der Waals surface area contributed by atoms with Crippen molar-refractivity contribution in [2.75, 3.05) is 7.11 Å². The van der Waals surface area contributed by atoms with Crippen molar-refractivity contribution in [3.63, 3.8) is 0 Å². The normalized spacial score (nSPS) is 21.8. The molecular weight excluding hydrogens is 436 g/mol. The molecule has 1 aliphatic carbocycles. The van der Waals surface area contributed by atoms with Crippen LogP contribution >= 0.6 is 0 Å². The number of pyridine rings is 1. The predicted molar refractivity (Wildman–Crippen MR) is 114 cm³/mol. The first kappa shape index (κ1) is 22.9. The molecule has 0 radical (unpaired) electrons. The van der Waals surface area contributed by atoms with E-state index in [1.807, 2.05) is 13.8 Å². The van der Waals surface area contributed by atoms with E-state index in [0.717, 1.165) is 6.07 Å². The molecule has 2 heterocycles. The Bertz CT molecular complexity index is 1190. The number of methoxy groups -OCH3 is 1. The quantitative estimate of drug-likeness (QED) is 0.711. The summed E-state index contributed by atoms with van der Waals surface area (Å²) in [4.78, 5) is 40.4.